The molecular weight excluding hydrogens is 240 g/mol. The number of rotatable bonds is 5. The second-order valence-corrected chi connectivity index (χ2v) is 4.99. The highest BCUT2D eigenvalue weighted by atomic mass is 16.5. The van der Waals surface area contributed by atoms with Crippen LogP contribution >= 0.6 is 0 Å². The Kier molecular flexibility index (Phi) is 4.91. The van der Waals surface area contributed by atoms with E-state index in [0.717, 1.165) is 49.6 Å². The first-order chi connectivity index (χ1) is 9.24. The number of hydrogen-bond acceptors (Lipinski definition) is 4. The van der Waals surface area contributed by atoms with Gasteiger partial charge in [-0.05, 0) is 31.4 Å². The van der Waals surface area contributed by atoms with E-state index in [4.69, 9.17) is 15.2 Å². The molecule has 1 aromatic rings. The summed E-state index contributed by atoms with van der Waals surface area (Å²) in [6, 6.07) is 6.50. The first kappa shape index (κ1) is 14.0. The molecule has 0 bridgehead atoms. The van der Waals surface area contributed by atoms with Crippen LogP contribution in [-0.4, -0.2) is 32.9 Å². The zero-order chi connectivity index (χ0) is 13.7. The lowest BCUT2D eigenvalue weighted by molar-refractivity contribution is 0.0855. The lowest BCUT2D eigenvalue weighted by Crippen LogP contribution is -2.37. The van der Waals surface area contributed by atoms with Crippen LogP contribution in [0, 0.1) is 0 Å². The molecule has 1 heterocycles. The van der Waals surface area contributed by atoms with Gasteiger partial charge >= 0.3 is 0 Å². The number of benzene rings is 1. The predicted octanol–water partition coefficient (Wildman–Crippen LogP) is 2.67. The highest BCUT2D eigenvalue weighted by Crippen LogP contribution is 2.34. The van der Waals surface area contributed by atoms with Gasteiger partial charge in [-0.2, -0.15) is 0 Å². The molecule has 0 unspecified atom stereocenters. The average molecular weight is 264 g/mol. The van der Waals surface area contributed by atoms with E-state index in [0.29, 0.717) is 12.6 Å². The molecule has 0 amide bonds. The fourth-order valence-corrected chi connectivity index (χ4v) is 2.45. The van der Waals surface area contributed by atoms with Crippen molar-refractivity contribution in [2.24, 2.45) is 0 Å². The van der Waals surface area contributed by atoms with E-state index >= 15 is 0 Å². The molecule has 19 heavy (non-hydrogen) atoms. The van der Waals surface area contributed by atoms with Crippen molar-refractivity contribution in [3.05, 3.63) is 18.2 Å². The number of para-hydroxylation sites is 1. The van der Waals surface area contributed by atoms with Crippen LogP contribution in [0.3, 0.4) is 0 Å². The van der Waals surface area contributed by atoms with E-state index in [1.165, 1.54) is 0 Å². The number of hydrogen-bond donors (Lipinski definition) is 1. The van der Waals surface area contributed by atoms with Crippen LogP contribution in [0.1, 0.15) is 26.2 Å². The van der Waals surface area contributed by atoms with E-state index in [1.54, 1.807) is 0 Å². The lowest BCUT2D eigenvalue weighted by atomic mass is 10.1. The highest BCUT2D eigenvalue weighted by molar-refractivity contribution is 5.74. The second kappa shape index (κ2) is 6.66. The largest absolute Gasteiger partial charge is 0.491 e. The van der Waals surface area contributed by atoms with Crippen molar-refractivity contribution in [1.29, 1.82) is 0 Å². The molecule has 0 spiro atoms. The van der Waals surface area contributed by atoms with Crippen molar-refractivity contribution in [3.63, 3.8) is 0 Å². The highest BCUT2D eigenvalue weighted by Gasteiger charge is 2.21. The Bertz CT molecular complexity index is 403. The zero-order valence-corrected chi connectivity index (χ0v) is 11.9. The Morgan fingerprint density at radius 1 is 1.37 bits per heavy atom. The van der Waals surface area contributed by atoms with Gasteiger partial charge in [0.2, 0.25) is 0 Å². The summed E-state index contributed by atoms with van der Waals surface area (Å²) in [6.07, 6.45) is 3.09. The minimum atomic E-state index is 0.498. The van der Waals surface area contributed by atoms with E-state index in [-0.39, 0.29) is 0 Å². The summed E-state index contributed by atoms with van der Waals surface area (Å²) in [7, 11) is 2.10. The molecule has 0 atom stereocenters. The monoisotopic (exact) mass is 264 g/mol. The van der Waals surface area contributed by atoms with Crippen LogP contribution in [0.2, 0.25) is 0 Å². The van der Waals surface area contributed by atoms with Gasteiger partial charge in [0.1, 0.15) is 5.75 Å². The molecule has 4 nitrogen and oxygen atoms in total. The van der Waals surface area contributed by atoms with Crippen molar-refractivity contribution >= 4 is 11.4 Å². The van der Waals surface area contributed by atoms with Crippen molar-refractivity contribution in [2.75, 3.05) is 37.5 Å². The summed E-state index contributed by atoms with van der Waals surface area (Å²) in [4.78, 5) is 2.26. The summed E-state index contributed by atoms with van der Waals surface area (Å²) in [5.41, 5.74) is 8.03. The fraction of sp³-hybridized carbons (Fsp3) is 0.600. The molecular formula is C15H24N2O2. The standard InChI is InChI=1S/C15H24N2O2/c1-3-9-19-14-6-4-5-13(15(14)16)17(2)12-7-10-18-11-8-12/h4-6,12H,3,7-11,16H2,1-2H3. The van der Waals surface area contributed by atoms with Gasteiger partial charge in [0.15, 0.2) is 0 Å². The molecule has 0 radical (unpaired) electrons. The van der Waals surface area contributed by atoms with Crippen molar-refractivity contribution in [3.8, 4) is 5.75 Å². The van der Waals surface area contributed by atoms with Gasteiger partial charge in [0, 0.05) is 26.3 Å². The number of nitrogens with zero attached hydrogens (tertiary/aromatic N) is 1. The summed E-state index contributed by atoms with van der Waals surface area (Å²) >= 11 is 0. The number of anilines is 2. The molecule has 2 N–H and O–H groups in total. The molecule has 1 aliphatic rings. The third-order valence-electron chi connectivity index (χ3n) is 3.62. The molecule has 4 heteroatoms. The van der Waals surface area contributed by atoms with Crippen LogP contribution in [0.25, 0.3) is 0 Å². The molecule has 0 saturated carbocycles. The average Bonchev–Trinajstić information content (AvgIpc) is 2.46. The van der Waals surface area contributed by atoms with Gasteiger partial charge in [-0.3, -0.25) is 0 Å². The van der Waals surface area contributed by atoms with Crippen molar-refractivity contribution in [1.82, 2.24) is 0 Å². The Hall–Kier alpha value is -1.42. The van der Waals surface area contributed by atoms with Gasteiger partial charge in [-0.15, -0.1) is 0 Å². The van der Waals surface area contributed by atoms with Gasteiger partial charge in [0.05, 0.1) is 18.0 Å². The molecule has 1 aliphatic heterocycles. The molecule has 1 saturated heterocycles. The first-order valence-electron chi connectivity index (χ1n) is 7.06. The molecule has 1 fully saturated rings. The number of ether oxygens (including phenoxy) is 2. The summed E-state index contributed by atoms with van der Waals surface area (Å²) in [6.45, 7) is 4.46. The van der Waals surface area contributed by atoms with Crippen molar-refractivity contribution < 1.29 is 9.47 Å². The first-order valence-corrected chi connectivity index (χ1v) is 7.06. The van der Waals surface area contributed by atoms with Gasteiger partial charge in [-0.25, -0.2) is 0 Å². The van der Waals surface area contributed by atoms with E-state index in [2.05, 4.69) is 24.9 Å². The predicted molar refractivity (Wildman–Crippen MR) is 78.9 cm³/mol. The fourth-order valence-electron chi connectivity index (χ4n) is 2.45. The van der Waals surface area contributed by atoms with Crippen LogP contribution in [-0.2, 0) is 4.74 Å². The summed E-state index contributed by atoms with van der Waals surface area (Å²) in [5, 5.41) is 0. The molecule has 1 aromatic carbocycles. The smallest absolute Gasteiger partial charge is 0.144 e. The maximum absolute atomic E-state index is 6.23. The Morgan fingerprint density at radius 2 is 2.11 bits per heavy atom. The van der Waals surface area contributed by atoms with E-state index in [1.807, 2.05) is 12.1 Å². The Labute approximate surface area is 115 Å². The summed E-state index contributed by atoms with van der Waals surface area (Å²) < 4.78 is 11.1. The van der Waals surface area contributed by atoms with Crippen LogP contribution < -0.4 is 15.4 Å². The maximum atomic E-state index is 6.23. The molecule has 106 valence electrons. The zero-order valence-electron chi connectivity index (χ0n) is 11.9. The van der Waals surface area contributed by atoms with E-state index < -0.39 is 0 Å². The molecule has 0 aliphatic carbocycles. The van der Waals surface area contributed by atoms with Gasteiger partial charge in [0.25, 0.3) is 0 Å². The summed E-state index contributed by atoms with van der Waals surface area (Å²) in [5.74, 6) is 0.790. The Balaban J connectivity index is 2.14. The normalized spacial score (nSPS) is 16.3. The van der Waals surface area contributed by atoms with E-state index in [9.17, 15) is 0 Å². The minimum absolute atomic E-state index is 0.498. The minimum Gasteiger partial charge on any atom is -0.491 e. The maximum Gasteiger partial charge on any atom is 0.144 e. The Morgan fingerprint density at radius 3 is 2.79 bits per heavy atom. The van der Waals surface area contributed by atoms with Crippen LogP contribution in [0.15, 0.2) is 18.2 Å². The SMILES string of the molecule is CCCOc1cccc(N(C)C2CCOCC2)c1N. The molecule has 2 rings (SSSR count). The second-order valence-electron chi connectivity index (χ2n) is 4.99. The lowest BCUT2D eigenvalue weighted by Gasteiger charge is -2.33. The van der Waals surface area contributed by atoms with Gasteiger partial charge < -0.3 is 20.1 Å². The topological polar surface area (TPSA) is 47.7 Å². The third-order valence-corrected chi connectivity index (χ3v) is 3.62. The van der Waals surface area contributed by atoms with Gasteiger partial charge in [-0.1, -0.05) is 13.0 Å². The van der Waals surface area contributed by atoms with Crippen LogP contribution in [0.5, 0.6) is 5.75 Å². The quantitative estimate of drug-likeness (QED) is 0.831. The molecule has 0 aromatic heterocycles. The number of nitrogen functional groups attached to an aromatic ring is 1. The van der Waals surface area contributed by atoms with Crippen molar-refractivity contribution in [2.45, 2.75) is 32.2 Å². The van der Waals surface area contributed by atoms with Crippen LogP contribution in [0.4, 0.5) is 11.4 Å². The number of nitrogens with two attached hydrogens (primary N) is 1. The third kappa shape index (κ3) is 3.32.